The standard InChI is InChI=1S/C25H31N3O/c1-29-23-9-5-3-6-17(23)20-14-22-24(18-7-2-4-8-21(18)28-22)19(25(20)26)12-13-27-15-16-10-11-16/h2-9,16,19-20,25,27-28H,10-15,26H2,1H3/t19-,20-,25+/m1/s1. The van der Waals surface area contributed by atoms with Gasteiger partial charge in [0.05, 0.1) is 7.11 Å². The minimum Gasteiger partial charge on any atom is -0.496 e. The van der Waals surface area contributed by atoms with Crippen LogP contribution in [0.2, 0.25) is 0 Å². The van der Waals surface area contributed by atoms with Crippen molar-refractivity contribution >= 4 is 10.9 Å². The van der Waals surface area contributed by atoms with E-state index in [9.17, 15) is 0 Å². The minimum atomic E-state index is 0.0701. The molecule has 0 unspecified atom stereocenters. The average molecular weight is 390 g/mol. The van der Waals surface area contributed by atoms with Crippen LogP contribution in [0.1, 0.15) is 47.9 Å². The topological polar surface area (TPSA) is 63.1 Å². The van der Waals surface area contributed by atoms with Crippen LogP contribution in [0.3, 0.4) is 0 Å². The van der Waals surface area contributed by atoms with Crippen molar-refractivity contribution < 1.29 is 4.74 Å². The van der Waals surface area contributed by atoms with E-state index in [2.05, 4.69) is 52.8 Å². The Morgan fingerprint density at radius 1 is 1.10 bits per heavy atom. The van der Waals surface area contributed by atoms with Gasteiger partial charge in [-0.05, 0) is 68.0 Å². The van der Waals surface area contributed by atoms with Crippen molar-refractivity contribution in [3.63, 3.8) is 0 Å². The second-order valence-electron chi connectivity index (χ2n) is 8.74. The molecule has 2 aliphatic carbocycles. The Bertz CT molecular complexity index is 991. The van der Waals surface area contributed by atoms with Crippen LogP contribution in [0.25, 0.3) is 10.9 Å². The molecule has 0 radical (unpaired) electrons. The fourth-order valence-corrected chi connectivity index (χ4v) is 5.15. The van der Waals surface area contributed by atoms with E-state index >= 15 is 0 Å². The summed E-state index contributed by atoms with van der Waals surface area (Å²) < 4.78 is 5.68. The number of aromatic amines is 1. The first kappa shape index (κ1) is 18.7. The van der Waals surface area contributed by atoms with Gasteiger partial charge in [-0.2, -0.15) is 0 Å². The maximum Gasteiger partial charge on any atom is 0.122 e. The van der Waals surface area contributed by atoms with Crippen LogP contribution in [0.15, 0.2) is 48.5 Å². The van der Waals surface area contributed by atoms with Crippen molar-refractivity contribution in [2.24, 2.45) is 11.7 Å². The molecule has 0 bridgehead atoms. The zero-order valence-electron chi connectivity index (χ0n) is 17.2. The Labute approximate surface area is 172 Å². The van der Waals surface area contributed by atoms with E-state index < -0.39 is 0 Å². The van der Waals surface area contributed by atoms with Crippen LogP contribution in [0.5, 0.6) is 5.75 Å². The molecule has 1 heterocycles. The number of rotatable bonds is 7. The molecule has 1 saturated carbocycles. The number of ether oxygens (including phenoxy) is 1. The largest absolute Gasteiger partial charge is 0.496 e. The van der Waals surface area contributed by atoms with Crippen LogP contribution in [-0.4, -0.2) is 31.2 Å². The van der Waals surface area contributed by atoms with Crippen LogP contribution in [0.4, 0.5) is 0 Å². The van der Waals surface area contributed by atoms with Gasteiger partial charge < -0.3 is 20.8 Å². The molecule has 4 nitrogen and oxygen atoms in total. The van der Waals surface area contributed by atoms with Crippen LogP contribution >= 0.6 is 0 Å². The third kappa shape index (κ3) is 3.56. The highest BCUT2D eigenvalue weighted by molar-refractivity contribution is 5.85. The summed E-state index contributed by atoms with van der Waals surface area (Å²) in [7, 11) is 1.75. The molecule has 0 saturated heterocycles. The fourth-order valence-electron chi connectivity index (χ4n) is 5.15. The third-order valence-electron chi connectivity index (χ3n) is 6.85. The lowest BCUT2D eigenvalue weighted by molar-refractivity contribution is 0.367. The third-order valence-corrected chi connectivity index (χ3v) is 6.85. The van der Waals surface area contributed by atoms with Gasteiger partial charge in [-0.1, -0.05) is 36.4 Å². The molecule has 0 amide bonds. The first-order valence-electron chi connectivity index (χ1n) is 10.9. The highest BCUT2D eigenvalue weighted by Gasteiger charge is 2.38. The molecule has 2 aliphatic rings. The highest BCUT2D eigenvalue weighted by Crippen LogP contribution is 2.45. The van der Waals surface area contributed by atoms with Gasteiger partial charge in [0.1, 0.15) is 5.75 Å². The molecule has 3 aromatic rings. The highest BCUT2D eigenvalue weighted by atomic mass is 16.5. The number of aromatic nitrogens is 1. The number of nitrogens with one attached hydrogen (secondary N) is 2. The molecular weight excluding hydrogens is 358 g/mol. The van der Waals surface area contributed by atoms with Crippen LogP contribution in [0, 0.1) is 5.92 Å². The lowest BCUT2D eigenvalue weighted by Gasteiger charge is -2.37. The summed E-state index contributed by atoms with van der Waals surface area (Å²) in [6.45, 7) is 2.17. The molecule has 2 aromatic carbocycles. The Morgan fingerprint density at radius 2 is 1.90 bits per heavy atom. The molecule has 0 aliphatic heterocycles. The van der Waals surface area contributed by atoms with E-state index in [-0.39, 0.29) is 12.0 Å². The van der Waals surface area contributed by atoms with Gasteiger partial charge in [-0.25, -0.2) is 0 Å². The van der Waals surface area contributed by atoms with E-state index in [1.165, 1.54) is 40.6 Å². The predicted molar refractivity (Wildman–Crippen MR) is 119 cm³/mol. The normalized spacial score (nSPS) is 23.9. The monoisotopic (exact) mass is 389 g/mol. The van der Waals surface area contributed by atoms with Gasteiger partial charge in [-0.3, -0.25) is 0 Å². The predicted octanol–water partition coefficient (Wildman–Crippen LogP) is 4.32. The van der Waals surface area contributed by atoms with E-state index in [1.54, 1.807) is 7.11 Å². The van der Waals surface area contributed by atoms with Crippen molar-refractivity contribution in [1.29, 1.82) is 0 Å². The first-order valence-corrected chi connectivity index (χ1v) is 10.9. The molecule has 0 spiro atoms. The van der Waals surface area contributed by atoms with E-state index in [1.807, 2.05) is 6.07 Å². The van der Waals surface area contributed by atoms with Gasteiger partial charge in [0, 0.05) is 34.5 Å². The molecule has 152 valence electrons. The SMILES string of the molecule is COc1ccccc1[C@H]1Cc2[nH]c3ccccc3c2[C@@H](CCNCC2CC2)[C@@H]1N. The average Bonchev–Trinajstić information content (AvgIpc) is 3.51. The Hall–Kier alpha value is -2.30. The van der Waals surface area contributed by atoms with Crippen molar-refractivity contribution in [3.8, 4) is 5.75 Å². The van der Waals surface area contributed by atoms with Crippen LogP contribution < -0.4 is 15.8 Å². The van der Waals surface area contributed by atoms with Gasteiger partial charge >= 0.3 is 0 Å². The first-order chi connectivity index (χ1) is 14.3. The van der Waals surface area contributed by atoms with Gasteiger partial charge in [0.15, 0.2) is 0 Å². The summed E-state index contributed by atoms with van der Waals surface area (Å²) in [6.07, 6.45) is 4.77. The van der Waals surface area contributed by atoms with Gasteiger partial charge in [0.2, 0.25) is 0 Å². The molecule has 3 atom stereocenters. The number of methoxy groups -OCH3 is 1. The number of nitrogens with two attached hydrogens (primary N) is 1. The molecule has 4 N–H and O–H groups in total. The second-order valence-corrected chi connectivity index (χ2v) is 8.74. The molecular formula is C25H31N3O. The second kappa shape index (κ2) is 7.85. The maximum atomic E-state index is 7.00. The summed E-state index contributed by atoms with van der Waals surface area (Å²) in [5, 5.41) is 5.01. The van der Waals surface area contributed by atoms with Crippen molar-refractivity contribution in [1.82, 2.24) is 10.3 Å². The number of benzene rings is 2. The van der Waals surface area contributed by atoms with Crippen LogP contribution in [-0.2, 0) is 6.42 Å². The molecule has 1 fully saturated rings. The lowest BCUT2D eigenvalue weighted by Crippen LogP contribution is -2.41. The number of para-hydroxylation sites is 2. The minimum absolute atomic E-state index is 0.0701. The van der Waals surface area contributed by atoms with E-state index in [4.69, 9.17) is 10.5 Å². The zero-order valence-corrected chi connectivity index (χ0v) is 17.2. The van der Waals surface area contributed by atoms with E-state index in [0.29, 0.717) is 5.92 Å². The van der Waals surface area contributed by atoms with Crippen molar-refractivity contribution in [2.75, 3.05) is 20.2 Å². The van der Waals surface area contributed by atoms with E-state index in [0.717, 1.165) is 37.6 Å². The molecule has 29 heavy (non-hydrogen) atoms. The molecule has 1 aromatic heterocycles. The summed E-state index contributed by atoms with van der Waals surface area (Å²) in [5.74, 6) is 2.43. The zero-order chi connectivity index (χ0) is 19.8. The number of fused-ring (bicyclic) bond motifs is 3. The molecule has 4 heteroatoms. The lowest BCUT2D eigenvalue weighted by atomic mass is 9.71. The van der Waals surface area contributed by atoms with Crippen molar-refractivity contribution in [2.45, 2.75) is 43.6 Å². The Balaban J connectivity index is 1.50. The Kier molecular flexibility index (Phi) is 5.06. The fraction of sp³-hybridized carbons (Fsp3) is 0.440. The smallest absolute Gasteiger partial charge is 0.122 e. The number of hydrogen-bond acceptors (Lipinski definition) is 3. The summed E-state index contributed by atoms with van der Waals surface area (Å²) in [5.41, 5.74) is 12.2. The Morgan fingerprint density at radius 3 is 2.72 bits per heavy atom. The summed E-state index contributed by atoms with van der Waals surface area (Å²) in [4.78, 5) is 3.71. The molecule has 5 rings (SSSR count). The quantitative estimate of drug-likeness (QED) is 0.528. The summed E-state index contributed by atoms with van der Waals surface area (Å²) in [6, 6.07) is 17.1. The maximum absolute atomic E-state index is 7.00. The summed E-state index contributed by atoms with van der Waals surface area (Å²) >= 11 is 0. The number of H-pyrrole nitrogens is 1. The van der Waals surface area contributed by atoms with Gasteiger partial charge in [-0.15, -0.1) is 0 Å². The van der Waals surface area contributed by atoms with Crippen molar-refractivity contribution in [3.05, 3.63) is 65.4 Å². The number of hydrogen-bond donors (Lipinski definition) is 3. The van der Waals surface area contributed by atoms with Gasteiger partial charge in [0.25, 0.3) is 0 Å².